The molecular weight excluding hydrogens is 552 g/mol. The summed E-state index contributed by atoms with van der Waals surface area (Å²) in [6.07, 6.45) is -0.0203. The number of ether oxygens (including phenoxy) is 3. The van der Waals surface area contributed by atoms with Crippen LogP contribution in [0.5, 0.6) is 0 Å². The maximum Gasteiger partial charge on any atom is 0.410 e. The highest BCUT2D eigenvalue weighted by Gasteiger charge is 2.24. The number of hydrogen-bond donors (Lipinski definition) is 0. The predicted octanol–water partition coefficient (Wildman–Crippen LogP) is 3.55. The van der Waals surface area contributed by atoms with Gasteiger partial charge in [-0.1, -0.05) is 30.3 Å². The van der Waals surface area contributed by atoms with Crippen LogP contribution in [0.2, 0.25) is 0 Å². The molecule has 0 atom stereocenters. The first kappa shape index (κ1) is 36.0. The van der Waals surface area contributed by atoms with Crippen LogP contribution >= 0.6 is 0 Å². The largest absolute Gasteiger partial charge is 0.460 e. The maximum atomic E-state index is 13.3. The number of amides is 2. The van der Waals surface area contributed by atoms with Gasteiger partial charge in [-0.3, -0.25) is 24.2 Å². The van der Waals surface area contributed by atoms with E-state index in [1.54, 1.807) is 16.7 Å². The molecule has 1 aromatic carbocycles. The van der Waals surface area contributed by atoms with Gasteiger partial charge < -0.3 is 24.0 Å². The molecule has 1 aromatic rings. The summed E-state index contributed by atoms with van der Waals surface area (Å²) < 4.78 is 16.6. The van der Waals surface area contributed by atoms with E-state index in [-0.39, 0.29) is 37.3 Å². The molecule has 0 radical (unpaired) electrons. The average molecular weight is 605 g/mol. The predicted molar refractivity (Wildman–Crippen MR) is 164 cm³/mol. The fourth-order valence-corrected chi connectivity index (χ4v) is 4.53. The lowest BCUT2D eigenvalue weighted by molar-refractivity contribution is -0.156. The van der Waals surface area contributed by atoms with Gasteiger partial charge in [0.1, 0.15) is 17.8 Å². The van der Waals surface area contributed by atoms with E-state index in [9.17, 15) is 19.2 Å². The molecule has 1 heterocycles. The molecule has 1 aliphatic heterocycles. The van der Waals surface area contributed by atoms with E-state index in [0.717, 1.165) is 5.56 Å². The first-order valence-corrected chi connectivity index (χ1v) is 15.2. The molecule has 0 saturated carbocycles. The zero-order valence-corrected chi connectivity index (χ0v) is 27.2. The zero-order valence-electron chi connectivity index (χ0n) is 27.2. The summed E-state index contributed by atoms with van der Waals surface area (Å²) in [6, 6.07) is 9.51. The highest BCUT2D eigenvalue weighted by molar-refractivity contribution is 5.73. The smallest absolute Gasteiger partial charge is 0.410 e. The molecule has 0 aromatic heterocycles. The van der Waals surface area contributed by atoms with Crippen LogP contribution in [0.1, 0.15) is 66.9 Å². The Morgan fingerprint density at radius 2 is 1.07 bits per heavy atom. The van der Waals surface area contributed by atoms with Gasteiger partial charge in [0, 0.05) is 72.4 Å². The molecule has 1 saturated heterocycles. The number of rotatable bonds is 8. The summed E-state index contributed by atoms with van der Waals surface area (Å²) in [5, 5.41) is 0. The van der Waals surface area contributed by atoms with E-state index in [4.69, 9.17) is 14.2 Å². The van der Waals surface area contributed by atoms with Crippen LogP contribution in [0.3, 0.4) is 0 Å². The van der Waals surface area contributed by atoms with Crippen LogP contribution in [0.4, 0.5) is 4.79 Å². The van der Waals surface area contributed by atoms with E-state index >= 15 is 0 Å². The molecule has 0 bridgehead atoms. The van der Waals surface area contributed by atoms with Gasteiger partial charge in [0.15, 0.2) is 0 Å². The van der Waals surface area contributed by atoms with Crippen molar-refractivity contribution >= 4 is 23.9 Å². The Morgan fingerprint density at radius 3 is 1.47 bits per heavy atom. The maximum absolute atomic E-state index is 13.3. The van der Waals surface area contributed by atoms with Crippen molar-refractivity contribution in [2.75, 3.05) is 65.4 Å². The van der Waals surface area contributed by atoms with Crippen LogP contribution in [-0.2, 0) is 35.2 Å². The van der Waals surface area contributed by atoms with Crippen molar-refractivity contribution < 1.29 is 33.4 Å². The molecule has 1 aliphatic rings. The Hall–Kier alpha value is -3.18. The number of nitrogens with zero attached hydrogens (tertiary/aromatic N) is 4. The van der Waals surface area contributed by atoms with Crippen LogP contribution < -0.4 is 0 Å². The third-order valence-electron chi connectivity index (χ3n) is 6.76. The molecule has 2 rings (SSSR count). The van der Waals surface area contributed by atoms with Crippen molar-refractivity contribution in [3.63, 3.8) is 0 Å². The van der Waals surface area contributed by atoms with Crippen LogP contribution in [-0.4, -0.2) is 120 Å². The Bertz CT molecular complexity index is 988. The Kier molecular flexibility index (Phi) is 14.4. The molecule has 0 aliphatic carbocycles. The first-order chi connectivity index (χ1) is 20.1. The summed E-state index contributed by atoms with van der Waals surface area (Å²) in [4.78, 5) is 58.2. The summed E-state index contributed by atoms with van der Waals surface area (Å²) >= 11 is 0. The standard InChI is InChI=1S/C32H52N4O7/c1-26(37)35-21-17-33(15-13-28(38)42-31(2,3)4)19-23-36(30(40)41-25-27-11-9-8-10-12-27)24-20-34(18-22-35)16-14-29(39)43-32(5,6)7/h8-12H,13-25H2,1-7H3. The second kappa shape index (κ2) is 17.2. The molecule has 0 spiro atoms. The Labute approximate surface area is 257 Å². The molecule has 43 heavy (non-hydrogen) atoms. The molecule has 0 N–H and O–H groups in total. The molecule has 1 fully saturated rings. The lowest BCUT2D eigenvalue weighted by atomic mass is 10.2. The molecule has 11 nitrogen and oxygen atoms in total. The lowest BCUT2D eigenvalue weighted by Crippen LogP contribution is -2.48. The van der Waals surface area contributed by atoms with Gasteiger partial charge in [-0.05, 0) is 47.1 Å². The van der Waals surface area contributed by atoms with Gasteiger partial charge >= 0.3 is 18.0 Å². The minimum Gasteiger partial charge on any atom is -0.460 e. The number of hydrogen-bond acceptors (Lipinski definition) is 9. The number of benzene rings is 1. The fourth-order valence-electron chi connectivity index (χ4n) is 4.53. The number of carbonyl (C=O) groups is 4. The van der Waals surface area contributed by atoms with Crippen LogP contribution in [0.15, 0.2) is 30.3 Å². The minimum absolute atomic E-state index is 0.0395. The van der Waals surface area contributed by atoms with E-state index in [1.807, 2.05) is 71.9 Å². The summed E-state index contributed by atoms with van der Waals surface area (Å²) in [6.45, 7) is 17.4. The average Bonchev–Trinajstić information content (AvgIpc) is 2.89. The van der Waals surface area contributed by atoms with E-state index in [2.05, 4.69) is 9.80 Å². The summed E-state index contributed by atoms with van der Waals surface area (Å²) in [5.41, 5.74) is -0.245. The second-order valence-corrected chi connectivity index (χ2v) is 12.9. The summed E-state index contributed by atoms with van der Waals surface area (Å²) in [5.74, 6) is -0.619. The highest BCUT2D eigenvalue weighted by Crippen LogP contribution is 2.11. The van der Waals surface area contributed by atoms with Gasteiger partial charge in [-0.15, -0.1) is 0 Å². The van der Waals surface area contributed by atoms with Gasteiger partial charge in [-0.25, -0.2) is 4.79 Å². The van der Waals surface area contributed by atoms with Gasteiger partial charge in [-0.2, -0.15) is 0 Å². The Morgan fingerprint density at radius 1 is 0.651 bits per heavy atom. The van der Waals surface area contributed by atoms with E-state index < -0.39 is 17.3 Å². The van der Waals surface area contributed by atoms with E-state index in [0.29, 0.717) is 65.4 Å². The lowest BCUT2D eigenvalue weighted by Gasteiger charge is -2.34. The van der Waals surface area contributed by atoms with Gasteiger partial charge in [0.25, 0.3) is 0 Å². The number of carbonyl (C=O) groups excluding carboxylic acids is 4. The molecule has 11 heteroatoms. The molecule has 242 valence electrons. The highest BCUT2D eigenvalue weighted by atomic mass is 16.6. The third-order valence-corrected chi connectivity index (χ3v) is 6.76. The number of esters is 2. The van der Waals surface area contributed by atoms with Crippen molar-refractivity contribution in [2.45, 2.75) is 79.1 Å². The Balaban J connectivity index is 2.16. The molecule has 2 amide bonds. The van der Waals surface area contributed by atoms with Crippen molar-refractivity contribution in [2.24, 2.45) is 0 Å². The third kappa shape index (κ3) is 15.7. The normalized spacial score (nSPS) is 16.5. The van der Waals surface area contributed by atoms with Crippen LogP contribution in [0, 0.1) is 0 Å². The van der Waals surface area contributed by atoms with Crippen molar-refractivity contribution in [3.8, 4) is 0 Å². The quantitative estimate of drug-likeness (QED) is 0.325. The SMILES string of the molecule is CC(=O)N1CCN(CCC(=O)OC(C)(C)C)CCN(C(=O)OCc2ccccc2)CCN(CCC(=O)OC(C)(C)C)CC1. The fraction of sp³-hybridized carbons (Fsp3) is 0.688. The van der Waals surface area contributed by atoms with E-state index in [1.165, 1.54) is 0 Å². The van der Waals surface area contributed by atoms with Crippen LogP contribution in [0.25, 0.3) is 0 Å². The monoisotopic (exact) mass is 604 g/mol. The zero-order chi connectivity index (χ0) is 32.0. The first-order valence-electron chi connectivity index (χ1n) is 15.2. The van der Waals surface area contributed by atoms with Gasteiger partial charge in [0.05, 0.1) is 12.8 Å². The molecular formula is C32H52N4O7. The van der Waals surface area contributed by atoms with Crippen molar-refractivity contribution in [1.29, 1.82) is 0 Å². The van der Waals surface area contributed by atoms with Crippen molar-refractivity contribution in [1.82, 2.24) is 19.6 Å². The summed E-state index contributed by atoms with van der Waals surface area (Å²) in [7, 11) is 0. The van der Waals surface area contributed by atoms with Gasteiger partial charge in [0.2, 0.25) is 5.91 Å². The van der Waals surface area contributed by atoms with Crippen molar-refractivity contribution in [3.05, 3.63) is 35.9 Å². The minimum atomic E-state index is -0.570. The topological polar surface area (TPSA) is 109 Å². The molecule has 0 unspecified atom stereocenters. The second-order valence-electron chi connectivity index (χ2n) is 12.9.